The van der Waals surface area contributed by atoms with Crippen molar-refractivity contribution in [3.8, 4) is 17.6 Å². The summed E-state index contributed by atoms with van der Waals surface area (Å²) in [5.74, 6) is 7.76. The highest BCUT2D eigenvalue weighted by molar-refractivity contribution is 5.39. The predicted octanol–water partition coefficient (Wildman–Crippen LogP) is 2.94. The van der Waals surface area contributed by atoms with Gasteiger partial charge in [0.1, 0.15) is 5.75 Å². The number of hydrogen-bond donors (Lipinski definition) is 1. The van der Waals surface area contributed by atoms with E-state index in [0.717, 1.165) is 31.7 Å². The van der Waals surface area contributed by atoms with Gasteiger partial charge in [-0.25, -0.2) is 0 Å². The Morgan fingerprint density at radius 2 is 2.28 bits per heavy atom. The van der Waals surface area contributed by atoms with E-state index in [1.54, 1.807) is 0 Å². The van der Waals surface area contributed by atoms with Crippen molar-refractivity contribution in [2.75, 3.05) is 13.2 Å². The van der Waals surface area contributed by atoms with Gasteiger partial charge in [0, 0.05) is 18.4 Å². The van der Waals surface area contributed by atoms with Crippen LogP contribution < -0.4 is 10.1 Å². The van der Waals surface area contributed by atoms with Gasteiger partial charge in [-0.2, -0.15) is 0 Å². The third kappa shape index (κ3) is 2.86. The van der Waals surface area contributed by atoms with Crippen molar-refractivity contribution in [2.24, 2.45) is 0 Å². The summed E-state index contributed by atoms with van der Waals surface area (Å²) in [5.41, 5.74) is 1.33. The summed E-state index contributed by atoms with van der Waals surface area (Å²) in [6, 6.07) is 8.80. The van der Waals surface area contributed by atoms with Crippen molar-refractivity contribution >= 4 is 0 Å². The average molecular weight is 243 g/mol. The van der Waals surface area contributed by atoms with Gasteiger partial charge in [0.25, 0.3) is 0 Å². The number of fused-ring (bicyclic) bond motifs is 1. The van der Waals surface area contributed by atoms with Gasteiger partial charge in [-0.05, 0) is 31.5 Å². The lowest BCUT2D eigenvalue weighted by molar-refractivity contribution is 0.246. The van der Waals surface area contributed by atoms with Crippen LogP contribution in [-0.4, -0.2) is 19.2 Å². The first-order chi connectivity index (χ1) is 8.86. The topological polar surface area (TPSA) is 21.3 Å². The minimum Gasteiger partial charge on any atom is -0.493 e. The first-order valence-electron chi connectivity index (χ1n) is 6.71. The molecular formula is C16H21NO. The zero-order chi connectivity index (χ0) is 12.8. The summed E-state index contributed by atoms with van der Waals surface area (Å²) < 4.78 is 5.72. The fourth-order valence-corrected chi connectivity index (χ4v) is 2.62. The van der Waals surface area contributed by atoms with E-state index >= 15 is 0 Å². The van der Waals surface area contributed by atoms with Gasteiger partial charge >= 0.3 is 0 Å². The molecule has 0 saturated heterocycles. The average Bonchev–Trinajstić information content (AvgIpc) is 2.43. The van der Waals surface area contributed by atoms with Crippen molar-refractivity contribution < 1.29 is 4.74 Å². The number of rotatable bonds is 4. The molecule has 1 aliphatic heterocycles. The zero-order valence-electron chi connectivity index (χ0n) is 11.2. The van der Waals surface area contributed by atoms with E-state index in [4.69, 9.17) is 4.74 Å². The number of para-hydroxylation sites is 1. The summed E-state index contributed by atoms with van der Waals surface area (Å²) in [6.07, 6.45) is 1.98. The lowest BCUT2D eigenvalue weighted by Gasteiger charge is -2.32. The van der Waals surface area contributed by atoms with Gasteiger partial charge in [-0.3, -0.25) is 0 Å². The Morgan fingerprint density at radius 1 is 1.44 bits per heavy atom. The van der Waals surface area contributed by atoms with E-state index in [9.17, 15) is 0 Å². The molecule has 0 amide bonds. The van der Waals surface area contributed by atoms with Crippen LogP contribution in [0.2, 0.25) is 0 Å². The maximum atomic E-state index is 5.72. The minimum absolute atomic E-state index is 0.424. The highest BCUT2D eigenvalue weighted by atomic mass is 16.5. The monoisotopic (exact) mass is 243 g/mol. The van der Waals surface area contributed by atoms with Gasteiger partial charge in [0.2, 0.25) is 0 Å². The van der Waals surface area contributed by atoms with Crippen molar-refractivity contribution in [2.45, 2.75) is 38.6 Å². The van der Waals surface area contributed by atoms with Crippen LogP contribution in [0.15, 0.2) is 24.3 Å². The molecule has 0 aromatic heterocycles. The highest BCUT2D eigenvalue weighted by Crippen LogP contribution is 2.36. The highest BCUT2D eigenvalue weighted by Gasteiger charge is 2.27. The number of likely N-dealkylation sites (N-methyl/N-ethyl adjacent to an activating group) is 1. The molecule has 1 aromatic rings. The Kier molecular flexibility index (Phi) is 4.66. The normalized spacial score (nSPS) is 19.1. The van der Waals surface area contributed by atoms with Gasteiger partial charge in [0.15, 0.2) is 0 Å². The van der Waals surface area contributed by atoms with Crippen molar-refractivity contribution in [3.05, 3.63) is 29.8 Å². The third-order valence-electron chi connectivity index (χ3n) is 3.46. The van der Waals surface area contributed by atoms with Crippen molar-refractivity contribution in [1.29, 1.82) is 0 Å². The molecule has 0 radical (unpaired) electrons. The van der Waals surface area contributed by atoms with Crippen molar-refractivity contribution in [1.82, 2.24) is 5.32 Å². The predicted molar refractivity (Wildman–Crippen MR) is 74.8 cm³/mol. The SMILES string of the molecule is CC#CCC(NCC)C1CCOc2ccccc21. The van der Waals surface area contributed by atoms with E-state index in [1.165, 1.54) is 5.56 Å². The molecule has 0 bridgehead atoms. The minimum atomic E-state index is 0.424. The first kappa shape index (κ1) is 13.0. The molecular weight excluding hydrogens is 222 g/mol. The maximum Gasteiger partial charge on any atom is 0.122 e. The van der Waals surface area contributed by atoms with Crippen LogP contribution in [0.3, 0.4) is 0 Å². The lowest BCUT2D eigenvalue weighted by Crippen LogP contribution is -2.37. The van der Waals surface area contributed by atoms with E-state index in [2.05, 4.69) is 42.3 Å². The molecule has 2 unspecified atom stereocenters. The second kappa shape index (κ2) is 6.47. The smallest absolute Gasteiger partial charge is 0.122 e. The molecule has 2 atom stereocenters. The third-order valence-corrected chi connectivity index (χ3v) is 3.46. The Balaban J connectivity index is 2.22. The second-order valence-corrected chi connectivity index (χ2v) is 4.58. The Morgan fingerprint density at radius 3 is 3.06 bits per heavy atom. The van der Waals surface area contributed by atoms with Crippen molar-refractivity contribution in [3.63, 3.8) is 0 Å². The standard InChI is InChI=1S/C16H21NO/c1-3-5-9-15(17-4-2)13-11-12-18-16-10-7-6-8-14(13)16/h6-8,10,13,15,17H,4,9,11-12H2,1-2H3. The van der Waals surface area contributed by atoms with Gasteiger partial charge < -0.3 is 10.1 Å². The number of benzene rings is 1. The number of hydrogen-bond acceptors (Lipinski definition) is 2. The van der Waals surface area contributed by atoms with Gasteiger partial charge in [-0.1, -0.05) is 25.1 Å². The number of nitrogens with one attached hydrogen (secondary N) is 1. The fourth-order valence-electron chi connectivity index (χ4n) is 2.62. The van der Waals surface area contributed by atoms with Gasteiger partial charge in [-0.15, -0.1) is 11.8 Å². The molecule has 1 aliphatic rings. The summed E-state index contributed by atoms with van der Waals surface area (Å²) in [6.45, 7) is 5.84. The first-order valence-corrected chi connectivity index (χ1v) is 6.71. The molecule has 1 aromatic carbocycles. The summed E-state index contributed by atoms with van der Waals surface area (Å²) >= 11 is 0. The summed E-state index contributed by atoms with van der Waals surface area (Å²) in [5, 5.41) is 3.57. The fraction of sp³-hybridized carbons (Fsp3) is 0.500. The molecule has 0 spiro atoms. The van der Waals surface area contributed by atoms with Crippen LogP contribution >= 0.6 is 0 Å². The van der Waals surface area contributed by atoms with Crippen LogP contribution in [0.4, 0.5) is 0 Å². The second-order valence-electron chi connectivity index (χ2n) is 4.58. The largest absolute Gasteiger partial charge is 0.493 e. The summed E-state index contributed by atoms with van der Waals surface area (Å²) in [7, 11) is 0. The molecule has 18 heavy (non-hydrogen) atoms. The van der Waals surface area contributed by atoms with Gasteiger partial charge in [0.05, 0.1) is 6.61 Å². The van der Waals surface area contributed by atoms with Crippen LogP contribution in [0.25, 0.3) is 0 Å². The molecule has 0 saturated carbocycles. The zero-order valence-corrected chi connectivity index (χ0v) is 11.2. The molecule has 2 nitrogen and oxygen atoms in total. The van der Waals surface area contributed by atoms with Crippen LogP contribution in [0.5, 0.6) is 5.75 Å². The molecule has 0 fully saturated rings. The Labute approximate surface area is 110 Å². The lowest BCUT2D eigenvalue weighted by atomic mass is 9.85. The van der Waals surface area contributed by atoms with Crippen LogP contribution in [-0.2, 0) is 0 Å². The van der Waals surface area contributed by atoms with Crippen LogP contribution in [0.1, 0.15) is 38.2 Å². The Bertz CT molecular complexity index is 444. The number of ether oxygens (including phenoxy) is 1. The Hall–Kier alpha value is -1.46. The summed E-state index contributed by atoms with van der Waals surface area (Å²) in [4.78, 5) is 0. The molecule has 2 heteroatoms. The van der Waals surface area contributed by atoms with E-state index < -0.39 is 0 Å². The molecule has 1 heterocycles. The van der Waals surface area contributed by atoms with E-state index in [-0.39, 0.29) is 0 Å². The quantitative estimate of drug-likeness (QED) is 0.821. The maximum absolute atomic E-state index is 5.72. The molecule has 2 rings (SSSR count). The molecule has 1 N–H and O–H groups in total. The van der Waals surface area contributed by atoms with Crippen LogP contribution in [0, 0.1) is 11.8 Å². The van der Waals surface area contributed by atoms with E-state index in [0.29, 0.717) is 12.0 Å². The molecule has 0 aliphatic carbocycles. The van der Waals surface area contributed by atoms with E-state index in [1.807, 2.05) is 13.0 Å². The molecule has 96 valence electrons.